The highest BCUT2D eigenvalue weighted by Gasteiger charge is 2.42. The number of aliphatic hydroxyl groups excluding tert-OH is 1. The molecule has 1 aromatic heterocycles. The molecule has 1 unspecified atom stereocenters. The van der Waals surface area contributed by atoms with Crippen LogP contribution in [0.5, 0.6) is 0 Å². The van der Waals surface area contributed by atoms with E-state index < -0.39 is 124 Å². The van der Waals surface area contributed by atoms with Gasteiger partial charge >= 0.3 is 24.1 Å². The van der Waals surface area contributed by atoms with E-state index in [2.05, 4.69) is 21.3 Å². The van der Waals surface area contributed by atoms with Crippen LogP contribution in [0.25, 0.3) is 5.69 Å². The van der Waals surface area contributed by atoms with Gasteiger partial charge in [-0.05, 0) is 73.6 Å². The fourth-order valence-corrected chi connectivity index (χ4v) is 9.77. The number of amides is 8. The molecular weight excluding hydrogens is 1150 g/mol. The Morgan fingerprint density at radius 1 is 0.871 bits per heavy atom. The van der Waals surface area contributed by atoms with Crippen molar-refractivity contribution in [3.05, 3.63) is 107 Å². The van der Waals surface area contributed by atoms with Crippen molar-refractivity contribution in [3.8, 4) is 5.69 Å². The highest BCUT2D eigenvalue weighted by molar-refractivity contribution is 8.00. The van der Waals surface area contributed by atoms with Crippen molar-refractivity contribution >= 4 is 82.3 Å². The number of hydrogen-bond acceptors (Lipinski definition) is 15. The number of hydrogen-bond donors (Lipinski definition) is 10. The zero-order valence-electron chi connectivity index (χ0n) is 46.7. The molecule has 1 aliphatic heterocycles. The van der Waals surface area contributed by atoms with Gasteiger partial charge in [0, 0.05) is 80.5 Å². The Hall–Kier alpha value is -8.35. The molecule has 1 saturated heterocycles. The number of nitrogens with zero attached hydrogens (tertiary/aromatic N) is 4. The fraction of sp³-hybridized carbons (Fsp3) is 0.436. The molecule has 30 heteroatoms. The van der Waals surface area contributed by atoms with Crippen LogP contribution in [-0.4, -0.2) is 151 Å². The summed E-state index contributed by atoms with van der Waals surface area (Å²) in [5.74, 6) is -10.6. The molecule has 6 atom stereocenters. The van der Waals surface area contributed by atoms with E-state index in [1.54, 1.807) is 6.20 Å². The lowest BCUT2D eigenvalue weighted by atomic mass is 9.81. The van der Waals surface area contributed by atoms with E-state index in [9.17, 15) is 65.8 Å². The van der Waals surface area contributed by atoms with Crippen LogP contribution in [0.15, 0.2) is 79.0 Å². The van der Waals surface area contributed by atoms with Gasteiger partial charge in [0.25, 0.3) is 0 Å². The molecule has 24 nitrogen and oxygen atoms in total. The third-order valence-electron chi connectivity index (χ3n) is 13.0. The van der Waals surface area contributed by atoms with E-state index in [0.29, 0.717) is 17.7 Å². The Labute approximate surface area is 488 Å². The van der Waals surface area contributed by atoms with Crippen LogP contribution >= 0.6 is 11.8 Å². The Bertz CT molecular complexity index is 3040. The Morgan fingerprint density at radius 3 is 2.11 bits per heavy atom. The van der Waals surface area contributed by atoms with Gasteiger partial charge in [-0.15, -0.1) is 11.8 Å². The predicted octanol–water partition coefficient (Wildman–Crippen LogP) is 3.45. The number of Topliss-reactive ketones (excluding diaryl/α,β-unsaturated/α-hetero) is 1. The number of aliphatic hydroxyl groups is 1. The molecule has 0 bridgehead atoms. The lowest BCUT2D eigenvalue weighted by molar-refractivity contribution is -0.192. The number of carboxylic acids is 2. The summed E-state index contributed by atoms with van der Waals surface area (Å²) in [5.41, 5.74) is 18.4. The first-order chi connectivity index (χ1) is 39.8. The van der Waals surface area contributed by atoms with Crippen molar-refractivity contribution in [3.63, 3.8) is 0 Å². The van der Waals surface area contributed by atoms with Gasteiger partial charge in [0.05, 0.1) is 34.8 Å². The standard InChI is InChI=1S/C53H67F2N11O11S.C2HF3O2/c1-30(41(68)24-32(11-8-20-60-52(58)77)48(72)62-35-13-15-36(16-14-35)66-44(70)26-42(50(66)74)78-29-39(57)51(75)76)61-43(69)18-21-59-49(73)38(56)19-22-64(45(71)28-67)47(53(2,3)4)46-33(23-31-9-6-5-7-10-31)27-65(63-46)40-25-34(54)12-17-37(40)55;3-2(4,5)1(6)7/h5-7,9-10,12-17,25,27,30,32,38-39,42,47,67H,8,11,18-24,26,28-29,56-57H2,1-4H3,(H,59,73)(H,61,69)(H,62,72)(H,75,76)(H3,58,60,77);(H,6,7)/t30-,32+,38-,39-,42?,47-;/m0./s1. The zero-order valence-corrected chi connectivity index (χ0v) is 47.5. The van der Waals surface area contributed by atoms with Gasteiger partial charge in [0.15, 0.2) is 5.78 Å². The van der Waals surface area contributed by atoms with Crippen LogP contribution in [0.2, 0.25) is 0 Å². The minimum absolute atomic E-state index is 0.0774. The molecule has 0 saturated carbocycles. The molecule has 8 amide bonds. The monoisotopic (exact) mass is 1220 g/mol. The first-order valence-electron chi connectivity index (χ1n) is 26.4. The first-order valence-corrected chi connectivity index (χ1v) is 27.4. The molecule has 3 aromatic carbocycles. The molecule has 5 rings (SSSR count). The summed E-state index contributed by atoms with van der Waals surface area (Å²) in [6.45, 7) is 5.82. The predicted molar refractivity (Wildman–Crippen MR) is 299 cm³/mol. The number of imide groups is 1. The smallest absolute Gasteiger partial charge is 0.480 e. The molecule has 2 heterocycles. The number of rotatable bonds is 28. The first kappa shape index (κ1) is 69.1. The number of thioether (sulfide) groups is 1. The third kappa shape index (κ3) is 21.0. The number of aliphatic carboxylic acids is 2. The number of benzene rings is 3. The maximum atomic E-state index is 15.1. The van der Waals surface area contributed by atoms with Crippen molar-refractivity contribution in [2.75, 3.05) is 42.2 Å². The lowest BCUT2D eigenvalue weighted by Gasteiger charge is -2.40. The summed E-state index contributed by atoms with van der Waals surface area (Å²) < 4.78 is 62.5. The minimum atomic E-state index is -5.08. The van der Waals surface area contributed by atoms with Crippen LogP contribution in [0.3, 0.4) is 0 Å². The van der Waals surface area contributed by atoms with Crippen molar-refractivity contribution < 1.29 is 85.2 Å². The molecule has 0 spiro atoms. The normalized spacial score (nSPS) is 15.1. The fourth-order valence-electron chi connectivity index (χ4n) is 8.68. The van der Waals surface area contributed by atoms with Gasteiger partial charge in [0.1, 0.15) is 30.0 Å². The van der Waals surface area contributed by atoms with E-state index in [-0.39, 0.29) is 81.0 Å². The van der Waals surface area contributed by atoms with E-state index in [0.717, 1.165) is 40.4 Å². The van der Waals surface area contributed by atoms with Crippen molar-refractivity contribution in [1.82, 2.24) is 30.6 Å². The molecule has 0 radical (unpaired) electrons. The van der Waals surface area contributed by atoms with Crippen LogP contribution in [-0.2, 0) is 49.6 Å². The number of aromatic nitrogens is 2. The lowest BCUT2D eigenvalue weighted by Crippen LogP contribution is -2.48. The Balaban J connectivity index is 0.00000208. The number of primary amides is 1. The van der Waals surface area contributed by atoms with E-state index in [1.807, 2.05) is 51.1 Å². The van der Waals surface area contributed by atoms with Crippen molar-refractivity contribution in [1.29, 1.82) is 0 Å². The van der Waals surface area contributed by atoms with Gasteiger partial charge in [-0.3, -0.25) is 38.4 Å². The number of alkyl halides is 3. The van der Waals surface area contributed by atoms with Gasteiger partial charge in [0.2, 0.25) is 35.4 Å². The Kier molecular flexibility index (Phi) is 25.6. The van der Waals surface area contributed by atoms with Crippen molar-refractivity contribution in [2.24, 2.45) is 28.5 Å². The number of nitrogens with one attached hydrogen (secondary N) is 4. The number of halogens is 5. The second kappa shape index (κ2) is 31.5. The molecule has 1 aliphatic rings. The van der Waals surface area contributed by atoms with Crippen LogP contribution in [0.4, 0.5) is 38.1 Å². The quantitative estimate of drug-likeness (QED) is 0.0221. The molecular formula is C55H68F5N11O13S. The zero-order chi connectivity index (χ0) is 63.5. The highest BCUT2D eigenvalue weighted by Crippen LogP contribution is 2.40. The Morgan fingerprint density at radius 2 is 1.52 bits per heavy atom. The maximum absolute atomic E-state index is 15.1. The number of ketones is 1. The van der Waals surface area contributed by atoms with E-state index >= 15 is 4.39 Å². The summed E-state index contributed by atoms with van der Waals surface area (Å²) in [7, 11) is 0. The van der Waals surface area contributed by atoms with Gasteiger partial charge in [-0.1, -0.05) is 51.1 Å². The third-order valence-corrected chi connectivity index (χ3v) is 14.3. The number of anilines is 2. The summed E-state index contributed by atoms with van der Waals surface area (Å²) in [5, 5.41) is 40.6. The number of carbonyl (C=O) groups is 10. The SMILES string of the molecule is C[C@H](NC(=O)CCNC(=O)[C@@H](N)CCN(C(=O)CO)[C@@H](c1nn(-c2cc(F)ccc2F)cc1Cc1ccccc1)C(C)(C)C)C(=O)C[C@@H](CCCNC(N)=O)C(=O)Nc1ccc(N2C(=O)CC(SC[C@H](N)C(=O)O)C2=O)cc1.O=C(O)C(F)(F)F. The molecule has 1 fully saturated rings. The average Bonchev–Trinajstić information content (AvgIpc) is 2.38. The molecule has 4 aromatic rings. The van der Waals surface area contributed by atoms with Crippen molar-refractivity contribution in [2.45, 2.75) is 108 Å². The van der Waals surface area contributed by atoms with Crippen LogP contribution in [0.1, 0.15) is 89.1 Å². The van der Waals surface area contributed by atoms with E-state index in [1.165, 1.54) is 40.8 Å². The van der Waals surface area contributed by atoms with Crippen LogP contribution in [0, 0.1) is 23.0 Å². The van der Waals surface area contributed by atoms with Gasteiger partial charge in [-0.25, -0.2) is 28.0 Å². The largest absolute Gasteiger partial charge is 0.490 e. The van der Waals surface area contributed by atoms with Gasteiger partial charge < -0.3 is 58.7 Å². The summed E-state index contributed by atoms with van der Waals surface area (Å²) in [4.78, 5) is 126. The molecule has 0 aliphatic carbocycles. The van der Waals surface area contributed by atoms with Gasteiger partial charge in [-0.2, -0.15) is 18.3 Å². The second-order valence-corrected chi connectivity index (χ2v) is 21.9. The van der Waals surface area contributed by atoms with Crippen LogP contribution < -0.4 is 43.4 Å². The summed E-state index contributed by atoms with van der Waals surface area (Å²) in [6, 6.07) is 12.9. The number of urea groups is 1. The second-order valence-electron chi connectivity index (χ2n) is 20.7. The number of carboxylic acid groups (broad SMARTS) is 2. The minimum Gasteiger partial charge on any atom is -0.480 e. The molecule has 13 N–H and O–H groups in total. The molecule has 462 valence electrons. The number of nitrogens with two attached hydrogens (primary N) is 3. The maximum Gasteiger partial charge on any atom is 0.490 e. The molecule has 85 heavy (non-hydrogen) atoms. The highest BCUT2D eigenvalue weighted by atomic mass is 32.2. The topological polar surface area (TPSA) is 382 Å². The van der Waals surface area contributed by atoms with E-state index in [4.69, 9.17) is 37.3 Å². The average molecular weight is 1220 g/mol. The number of carbonyl (C=O) groups excluding carboxylic acids is 8. The summed E-state index contributed by atoms with van der Waals surface area (Å²) in [6.07, 6.45) is -3.72. The summed E-state index contributed by atoms with van der Waals surface area (Å²) >= 11 is 0.971.